The molecule has 1 aromatic heterocycles. The summed E-state index contributed by atoms with van der Waals surface area (Å²) in [5.41, 5.74) is 11.6. The zero-order chi connectivity index (χ0) is 47.9. The summed E-state index contributed by atoms with van der Waals surface area (Å²) in [5, 5.41) is 8.20. The van der Waals surface area contributed by atoms with E-state index in [9.17, 15) is 0 Å². The van der Waals surface area contributed by atoms with Crippen molar-refractivity contribution < 1.29 is 9.84 Å². The van der Waals surface area contributed by atoms with Gasteiger partial charge in [0.25, 0.3) is 0 Å². The highest BCUT2D eigenvalue weighted by Crippen LogP contribution is 2.41. The molecule has 4 aromatic rings. The van der Waals surface area contributed by atoms with Gasteiger partial charge >= 0.3 is 0 Å². The van der Waals surface area contributed by atoms with E-state index in [0.717, 1.165) is 30.7 Å². The maximum Gasteiger partial charge on any atom is 0.120 e. The minimum Gasteiger partial charge on any atom is -0.489 e. The molecule has 0 bridgehead atoms. The second-order valence-corrected chi connectivity index (χ2v) is 22.5. The second-order valence-electron chi connectivity index (χ2n) is 22.5. The predicted molar refractivity (Wildman–Crippen MR) is 280 cm³/mol. The highest BCUT2D eigenvalue weighted by Gasteiger charge is 2.27. The van der Waals surface area contributed by atoms with Crippen LogP contribution >= 0.6 is 15.9 Å². The van der Waals surface area contributed by atoms with Crippen LogP contribution < -0.4 is 4.74 Å². The molecular weight excluding hydrogens is 823 g/mol. The van der Waals surface area contributed by atoms with Crippen molar-refractivity contribution in [2.75, 3.05) is 12.9 Å². The minimum absolute atomic E-state index is 0.0989. The van der Waals surface area contributed by atoms with Crippen LogP contribution in [0.1, 0.15) is 202 Å². The number of ether oxygens (including phenoxy) is 1. The number of nitrogens with zero attached hydrogens (tertiary/aromatic N) is 1. The number of hydrogen-bond acceptors (Lipinski definition) is 3. The Morgan fingerprint density at radius 1 is 0.645 bits per heavy atom. The van der Waals surface area contributed by atoms with Crippen molar-refractivity contribution in [2.45, 2.75) is 197 Å². The summed E-state index contributed by atoms with van der Waals surface area (Å²) in [5.74, 6) is 4.60. The molecule has 62 heavy (non-hydrogen) atoms. The molecule has 0 aliphatic rings. The van der Waals surface area contributed by atoms with E-state index in [2.05, 4.69) is 219 Å². The second kappa shape index (κ2) is 24.9. The van der Waals surface area contributed by atoms with Crippen LogP contribution in [-0.2, 0) is 34.7 Å². The average Bonchev–Trinajstić information content (AvgIpc) is 3.19. The first kappa shape index (κ1) is 57.1. The van der Waals surface area contributed by atoms with Crippen LogP contribution in [0.3, 0.4) is 0 Å². The van der Waals surface area contributed by atoms with Crippen LogP contribution in [0.2, 0.25) is 0 Å². The molecule has 4 heteroatoms. The van der Waals surface area contributed by atoms with E-state index < -0.39 is 0 Å². The zero-order valence-electron chi connectivity index (χ0n) is 43.5. The molecule has 1 heterocycles. The number of halogens is 1. The molecule has 0 saturated heterocycles. The third-order valence-corrected chi connectivity index (χ3v) is 12.2. The first-order valence-electron chi connectivity index (χ1n) is 23.5. The lowest BCUT2D eigenvalue weighted by Crippen LogP contribution is -2.18. The molecule has 3 nitrogen and oxygen atoms in total. The predicted octanol–water partition coefficient (Wildman–Crippen LogP) is 17.4. The molecule has 0 amide bonds. The summed E-state index contributed by atoms with van der Waals surface area (Å²) in [6, 6.07) is 22.8. The van der Waals surface area contributed by atoms with E-state index in [1.807, 2.05) is 12.0 Å². The van der Waals surface area contributed by atoms with Crippen molar-refractivity contribution in [3.8, 4) is 5.75 Å². The quantitative estimate of drug-likeness (QED) is 0.107. The van der Waals surface area contributed by atoms with Gasteiger partial charge in [0.2, 0.25) is 0 Å². The van der Waals surface area contributed by atoms with Gasteiger partial charge in [0.1, 0.15) is 12.4 Å². The maximum atomic E-state index is 7.00. The van der Waals surface area contributed by atoms with Gasteiger partial charge in [0, 0.05) is 18.7 Å². The largest absolute Gasteiger partial charge is 0.489 e. The van der Waals surface area contributed by atoms with Crippen LogP contribution in [0.4, 0.5) is 0 Å². The molecule has 0 aliphatic heterocycles. The van der Waals surface area contributed by atoms with E-state index >= 15 is 0 Å². The number of hydrogen-bond donors (Lipinski definition) is 1. The van der Waals surface area contributed by atoms with Gasteiger partial charge in [-0.15, -0.1) is 6.58 Å². The van der Waals surface area contributed by atoms with Gasteiger partial charge in [-0.2, -0.15) is 0 Å². The molecule has 1 N–H and O–H groups in total. The number of benzene rings is 3. The Labute approximate surface area is 391 Å². The molecule has 0 fully saturated rings. The van der Waals surface area contributed by atoms with E-state index in [1.165, 1.54) is 76.4 Å². The monoisotopic (exact) mass is 914 g/mol. The first-order valence-corrected chi connectivity index (χ1v) is 25.1. The fourth-order valence-electron chi connectivity index (χ4n) is 8.18. The summed E-state index contributed by atoms with van der Waals surface area (Å²) >= 11 is 2.94. The Hall–Kier alpha value is -2.95. The van der Waals surface area contributed by atoms with Crippen molar-refractivity contribution in [1.29, 1.82) is 0 Å². The van der Waals surface area contributed by atoms with Gasteiger partial charge in [-0.25, -0.2) is 0 Å². The lowest BCUT2D eigenvalue weighted by Gasteiger charge is -2.31. The normalized spacial score (nSPS) is 13.6. The van der Waals surface area contributed by atoms with Crippen molar-refractivity contribution in [2.24, 2.45) is 17.3 Å². The molecule has 348 valence electrons. The highest BCUT2D eigenvalue weighted by atomic mass is 79.9. The van der Waals surface area contributed by atoms with E-state index in [4.69, 9.17) is 9.84 Å². The van der Waals surface area contributed by atoms with Crippen molar-refractivity contribution in [1.82, 2.24) is 4.98 Å². The summed E-state index contributed by atoms with van der Waals surface area (Å²) in [4.78, 5) is 4.62. The van der Waals surface area contributed by atoms with Gasteiger partial charge in [-0.3, -0.25) is 4.98 Å². The van der Waals surface area contributed by atoms with E-state index in [-0.39, 0.29) is 27.1 Å². The summed E-state index contributed by atoms with van der Waals surface area (Å²) in [6.07, 6.45) is 11.5. The van der Waals surface area contributed by atoms with Gasteiger partial charge in [0.05, 0.1) is 5.52 Å². The molecule has 3 aromatic carbocycles. The number of fused-ring (bicyclic) bond motifs is 1. The molecule has 0 saturated carbocycles. The summed E-state index contributed by atoms with van der Waals surface area (Å²) < 4.78 is 6.36. The minimum atomic E-state index is 0.0989. The molecule has 3 unspecified atom stereocenters. The van der Waals surface area contributed by atoms with E-state index in [0.29, 0.717) is 18.4 Å². The summed E-state index contributed by atoms with van der Waals surface area (Å²) in [6.45, 7) is 46.1. The van der Waals surface area contributed by atoms with Crippen LogP contribution in [-0.4, -0.2) is 23.0 Å². The number of aromatic nitrogens is 1. The summed E-state index contributed by atoms with van der Waals surface area (Å²) in [7, 11) is 1.00. The lowest BCUT2D eigenvalue weighted by atomic mass is 9.74. The number of aliphatic hydroxyl groups is 1. The SMILES string of the molecule is C=CC(CCC)CC(CC)Cc1cc(C(C)(C)C)cc(C(C)(C)C)c1.CBr.CCC(c1ccnc2ccc(OCc3cc(C(C)(C)C)cc(C(C)(C)C)c3)cc12)C(C)(C)C.CO. The van der Waals surface area contributed by atoms with Gasteiger partial charge in [-0.1, -0.05) is 196 Å². The molecule has 3 atom stereocenters. The maximum absolute atomic E-state index is 7.00. The number of rotatable bonds is 13. The number of aliphatic hydroxyl groups excluding tert-OH is 1. The molecule has 0 radical (unpaired) electrons. The Kier molecular flexibility index (Phi) is 22.9. The molecule has 0 aliphatic carbocycles. The number of pyridine rings is 1. The van der Waals surface area contributed by atoms with Crippen LogP contribution in [0.15, 0.2) is 79.5 Å². The Morgan fingerprint density at radius 2 is 1.11 bits per heavy atom. The van der Waals surface area contributed by atoms with Crippen molar-refractivity contribution in [3.05, 3.63) is 118 Å². The van der Waals surface area contributed by atoms with Crippen LogP contribution in [0.25, 0.3) is 10.9 Å². The van der Waals surface area contributed by atoms with Crippen molar-refractivity contribution >= 4 is 26.8 Å². The lowest BCUT2D eigenvalue weighted by molar-refractivity contribution is 0.305. The third-order valence-electron chi connectivity index (χ3n) is 12.2. The van der Waals surface area contributed by atoms with Gasteiger partial charge in [-0.05, 0) is 140 Å². The standard InChI is InChI=1S/C31H43NO.C25H42.CH3Br.CH4O/c1-11-27(31(8,9)10)25-14-15-32-28-13-12-24(19-26(25)28)33-20-21-16-22(29(2,3)4)18-23(17-21)30(5,6)7;1-10-13-19(11-2)14-20(12-3)15-21-16-22(24(4,5)6)18-23(17-21)25(7,8)9;2*1-2/h12-19,27H,11,20H2,1-10H3;11,16-20H,2,10,12-15H2,1,3-9H3;1H3;2H,1H3. The zero-order valence-corrected chi connectivity index (χ0v) is 45.1. The fraction of sp³-hybridized carbons (Fsp3) is 0.603. The number of allylic oxidation sites excluding steroid dienone is 1. The van der Waals surface area contributed by atoms with Gasteiger partial charge < -0.3 is 9.84 Å². The molecule has 4 rings (SSSR count). The number of alkyl halides is 1. The van der Waals surface area contributed by atoms with Crippen LogP contribution in [0, 0.1) is 17.3 Å². The fourth-order valence-corrected chi connectivity index (χ4v) is 8.18. The van der Waals surface area contributed by atoms with Crippen LogP contribution in [0.5, 0.6) is 5.75 Å². The van der Waals surface area contributed by atoms with Crippen molar-refractivity contribution in [3.63, 3.8) is 0 Å². The first-order chi connectivity index (χ1) is 28.7. The average molecular weight is 915 g/mol. The Balaban J connectivity index is 0.000000594. The third kappa shape index (κ3) is 17.9. The molecule has 0 spiro atoms. The molecular formula is C58H92BrNO2. The van der Waals surface area contributed by atoms with E-state index in [1.54, 1.807) is 0 Å². The van der Waals surface area contributed by atoms with Gasteiger partial charge in [0.15, 0.2) is 0 Å². The smallest absolute Gasteiger partial charge is 0.120 e. The Bertz CT molecular complexity index is 1860. The highest BCUT2D eigenvalue weighted by molar-refractivity contribution is 9.08. The Morgan fingerprint density at radius 3 is 1.50 bits per heavy atom. The topological polar surface area (TPSA) is 42.4 Å².